The number of urea groups is 1. The number of imidazole rings is 1. The van der Waals surface area contributed by atoms with Gasteiger partial charge in [0.05, 0.1) is 0 Å². The van der Waals surface area contributed by atoms with E-state index in [0.29, 0.717) is 17.1 Å². The van der Waals surface area contributed by atoms with Crippen LogP contribution in [0.4, 0.5) is 25.1 Å². The Morgan fingerprint density at radius 2 is 1.81 bits per heavy atom. The molecule has 0 atom stereocenters. The molecule has 0 aliphatic heterocycles. The predicted molar refractivity (Wildman–Crippen MR) is 116 cm³/mol. The Labute approximate surface area is 177 Å². The van der Waals surface area contributed by atoms with Crippen LogP contribution in [0.3, 0.4) is 0 Å². The van der Waals surface area contributed by atoms with Crippen molar-refractivity contribution in [1.82, 2.24) is 14.7 Å². The lowest BCUT2D eigenvalue weighted by Gasteiger charge is -2.15. The molecule has 31 heavy (non-hydrogen) atoms. The molecule has 2 aromatic carbocycles. The molecule has 0 bridgehead atoms. The van der Waals surface area contributed by atoms with Gasteiger partial charge in [-0.2, -0.15) is 0 Å². The van der Waals surface area contributed by atoms with Gasteiger partial charge in [0.1, 0.15) is 17.3 Å². The van der Waals surface area contributed by atoms with E-state index in [-0.39, 0.29) is 12.2 Å². The zero-order valence-electron chi connectivity index (χ0n) is 17.0. The van der Waals surface area contributed by atoms with E-state index < -0.39 is 17.7 Å². The van der Waals surface area contributed by atoms with Crippen LogP contribution in [-0.4, -0.2) is 15.4 Å². The van der Waals surface area contributed by atoms with Crippen LogP contribution in [0.5, 0.6) is 0 Å². The van der Waals surface area contributed by atoms with Gasteiger partial charge in [0.15, 0.2) is 11.5 Å². The first kappa shape index (κ1) is 20.3. The second-order valence-corrected chi connectivity index (χ2v) is 7.28. The summed E-state index contributed by atoms with van der Waals surface area (Å²) in [6.07, 6.45) is 1.19. The van der Waals surface area contributed by atoms with Crippen molar-refractivity contribution in [1.29, 1.82) is 0 Å². The fourth-order valence-corrected chi connectivity index (χ4v) is 3.60. The average molecular weight is 421 g/mol. The first-order valence-electron chi connectivity index (χ1n) is 9.67. The van der Waals surface area contributed by atoms with Crippen LogP contribution in [0, 0.1) is 25.5 Å². The molecule has 158 valence electrons. The van der Waals surface area contributed by atoms with Crippen molar-refractivity contribution in [2.24, 2.45) is 5.73 Å². The number of carbonyl (C=O) groups is 1. The number of hydrogen-bond donors (Lipinski definition) is 3. The SMILES string of the molecule is Cc1cccc(C)c1Nc1c(-c2ccccc2CNC(N)=O)nc2c(F)cc(F)cn12. The van der Waals surface area contributed by atoms with Gasteiger partial charge in [0.25, 0.3) is 0 Å². The van der Waals surface area contributed by atoms with Crippen LogP contribution in [-0.2, 0) is 6.54 Å². The van der Waals surface area contributed by atoms with Gasteiger partial charge in [0, 0.05) is 30.1 Å². The molecule has 4 aromatic rings. The quantitative estimate of drug-likeness (QED) is 0.432. The van der Waals surface area contributed by atoms with Crippen molar-refractivity contribution >= 4 is 23.2 Å². The maximum atomic E-state index is 14.6. The molecule has 0 unspecified atom stereocenters. The summed E-state index contributed by atoms with van der Waals surface area (Å²) in [6.45, 7) is 4.06. The molecular weight excluding hydrogens is 400 g/mol. The molecular formula is C23H21F2N5O. The van der Waals surface area contributed by atoms with E-state index in [2.05, 4.69) is 15.6 Å². The van der Waals surface area contributed by atoms with Gasteiger partial charge in [-0.3, -0.25) is 4.40 Å². The molecule has 0 saturated carbocycles. The third-order valence-electron chi connectivity index (χ3n) is 5.09. The van der Waals surface area contributed by atoms with Crippen molar-refractivity contribution in [2.45, 2.75) is 20.4 Å². The largest absolute Gasteiger partial charge is 0.352 e. The number of nitrogens with two attached hydrogens (primary N) is 1. The molecule has 0 aliphatic carbocycles. The van der Waals surface area contributed by atoms with Crippen LogP contribution in [0.1, 0.15) is 16.7 Å². The third kappa shape index (κ3) is 3.92. The number of para-hydroxylation sites is 1. The highest BCUT2D eigenvalue weighted by Gasteiger charge is 2.21. The van der Waals surface area contributed by atoms with Gasteiger partial charge in [0.2, 0.25) is 0 Å². The zero-order chi connectivity index (χ0) is 22.1. The van der Waals surface area contributed by atoms with Gasteiger partial charge < -0.3 is 16.4 Å². The molecule has 0 saturated heterocycles. The highest BCUT2D eigenvalue weighted by molar-refractivity contribution is 5.83. The molecule has 0 spiro atoms. The lowest BCUT2D eigenvalue weighted by Crippen LogP contribution is -2.28. The topological polar surface area (TPSA) is 84.5 Å². The monoisotopic (exact) mass is 421 g/mol. The van der Waals surface area contributed by atoms with Gasteiger partial charge in [-0.25, -0.2) is 18.6 Å². The maximum Gasteiger partial charge on any atom is 0.312 e. The summed E-state index contributed by atoms with van der Waals surface area (Å²) in [5, 5.41) is 5.90. The maximum absolute atomic E-state index is 14.6. The van der Waals surface area contributed by atoms with Gasteiger partial charge >= 0.3 is 6.03 Å². The third-order valence-corrected chi connectivity index (χ3v) is 5.09. The van der Waals surface area contributed by atoms with Crippen LogP contribution in [0.2, 0.25) is 0 Å². The van der Waals surface area contributed by atoms with E-state index in [4.69, 9.17) is 5.73 Å². The van der Waals surface area contributed by atoms with Gasteiger partial charge in [-0.05, 0) is 30.5 Å². The summed E-state index contributed by atoms with van der Waals surface area (Å²) in [7, 11) is 0. The van der Waals surface area contributed by atoms with E-state index in [1.54, 1.807) is 0 Å². The number of halogens is 2. The Balaban J connectivity index is 1.95. The van der Waals surface area contributed by atoms with Crippen LogP contribution in [0.25, 0.3) is 16.9 Å². The number of amides is 2. The minimum atomic E-state index is -0.774. The smallest absolute Gasteiger partial charge is 0.312 e. The summed E-state index contributed by atoms with van der Waals surface area (Å²) < 4.78 is 30.0. The van der Waals surface area contributed by atoms with Gasteiger partial charge in [-0.1, -0.05) is 42.5 Å². The minimum Gasteiger partial charge on any atom is -0.352 e. The van der Waals surface area contributed by atoms with E-state index >= 15 is 0 Å². The number of hydrogen-bond acceptors (Lipinski definition) is 3. The van der Waals surface area contributed by atoms with E-state index in [1.165, 1.54) is 10.6 Å². The molecule has 4 N–H and O–H groups in total. The van der Waals surface area contributed by atoms with Crippen molar-refractivity contribution in [3.05, 3.63) is 83.1 Å². The second-order valence-electron chi connectivity index (χ2n) is 7.28. The Morgan fingerprint density at radius 1 is 1.10 bits per heavy atom. The standard InChI is InChI=1S/C23H21F2N5O/c1-13-6-5-7-14(2)19(13)28-22-20(29-21-18(25)10-16(24)12-30(21)22)17-9-4-3-8-15(17)11-27-23(26)31/h3-10,12,28H,11H2,1-2H3,(H3,26,27,31). The van der Waals surface area contributed by atoms with Gasteiger partial charge in [-0.15, -0.1) is 0 Å². The Bertz CT molecular complexity index is 1280. The Kier molecular flexibility index (Phi) is 5.29. The lowest BCUT2D eigenvalue weighted by molar-refractivity contribution is 0.248. The normalized spacial score (nSPS) is 11.0. The first-order chi connectivity index (χ1) is 14.8. The number of fused-ring (bicyclic) bond motifs is 1. The van der Waals surface area contributed by atoms with E-state index in [9.17, 15) is 13.6 Å². The zero-order valence-corrected chi connectivity index (χ0v) is 17.0. The van der Waals surface area contributed by atoms with E-state index in [1.807, 2.05) is 56.3 Å². The molecule has 4 rings (SSSR count). The van der Waals surface area contributed by atoms with Crippen molar-refractivity contribution in [3.63, 3.8) is 0 Å². The number of carbonyl (C=O) groups excluding carboxylic acids is 1. The molecule has 6 nitrogen and oxygen atoms in total. The van der Waals surface area contributed by atoms with Crippen LogP contribution < -0.4 is 16.4 Å². The predicted octanol–water partition coefficient (Wildman–Crippen LogP) is 4.81. The first-order valence-corrected chi connectivity index (χ1v) is 9.67. The van der Waals surface area contributed by atoms with Crippen LogP contribution in [0.15, 0.2) is 54.7 Å². The van der Waals surface area contributed by atoms with Crippen molar-refractivity contribution in [3.8, 4) is 11.3 Å². The molecule has 2 amide bonds. The number of anilines is 2. The molecule has 2 aromatic heterocycles. The number of aryl methyl sites for hydroxylation is 2. The number of benzene rings is 2. The number of rotatable bonds is 5. The summed E-state index contributed by atoms with van der Waals surface area (Å²) >= 11 is 0. The molecule has 2 heterocycles. The molecule has 0 radical (unpaired) electrons. The van der Waals surface area contributed by atoms with Crippen LogP contribution >= 0.6 is 0 Å². The number of pyridine rings is 1. The number of nitrogens with zero attached hydrogens (tertiary/aromatic N) is 2. The summed E-state index contributed by atoms with van der Waals surface area (Å²) in [4.78, 5) is 15.7. The molecule has 0 aliphatic rings. The van der Waals surface area contributed by atoms with E-state index in [0.717, 1.165) is 28.4 Å². The lowest BCUT2D eigenvalue weighted by atomic mass is 10.0. The van der Waals surface area contributed by atoms with Crippen molar-refractivity contribution in [2.75, 3.05) is 5.32 Å². The summed E-state index contributed by atoms with van der Waals surface area (Å²) in [6, 6.07) is 13.2. The Morgan fingerprint density at radius 3 is 2.52 bits per heavy atom. The second kappa shape index (κ2) is 8.06. The van der Waals surface area contributed by atoms with Crippen molar-refractivity contribution < 1.29 is 13.6 Å². The summed E-state index contributed by atoms with van der Waals surface area (Å²) in [5.41, 5.74) is 9.79. The highest BCUT2D eigenvalue weighted by Crippen LogP contribution is 2.35. The minimum absolute atomic E-state index is 0.0113. The number of aromatic nitrogens is 2. The number of primary amides is 1. The fraction of sp³-hybridized carbons (Fsp3) is 0.130. The average Bonchev–Trinajstić information content (AvgIpc) is 3.08. The summed E-state index contributed by atoms with van der Waals surface area (Å²) in [5.74, 6) is -1.08. The fourth-order valence-electron chi connectivity index (χ4n) is 3.60. The molecule has 8 heteroatoms. The number of nitrogens with one attached hydrogen (secondary N) is 2. The highest BCUT2D eigenvalue weighted by atomic mass is 19.1. The Hall–Kier alpha value is -3.94. The molecule has 0 fully saturated rings.